The molecular weight excluding hydrogens is 566 g/mol. The number of hydrogen-bond acceptors (Lipinski definition) is 8. The van der Waals surface area contributed by atoms with Gasteiger partial charge in [-0.15, -0.1) is 0 Å². The Morgan fingerprint density at radius 1 is 0.929 bits per heavy atom. The molecule has 222 valence electrons. The number of aldehydes is 1. The van der Waals surface area contributed by atoms with Crippen molar-refractivity contribution < 1.29 is 38.5 Å². The van der Waals surface area contributed by atoms with E-state index in [-0.39, 0.29) is 24.5 Å². The molecule has 12 heteroatoms. The van der Waals surface area contributed by atoms with E-state index in [9.17, 15) is 19.2 Å². The van der Waals surface area contributed by atoms with Crippen LogP contribution in [0.3, 0.4) is 0 Å². The highest BCUT2D eigenvalue weighted by Crippen LogP contribution is 2.30. The van der Waals surface area contributed by atoms with Gasteiger partial charge in [-0.25, -0.2) is 0 Å². The van der Waals surface area contributed by atoms with Crippen LogP contribution in [0.5, 0.6) is 0 Å². The highest BCUT2D eigenvalue weighted by molar-refractivity contribution is 6.31. The number of nitrogens with one attached hydrogen (secondary N) is 1. The fourth-order valence-electron chi connectivity index (χ4n) is 3.72. The van der Waals surface area contributed by atoms with E-state index in [4.69, 9.17) is 30.9 Å². The summed E-state index contributed by atoms with van der Waals surface area (Å²) < 4.78 is 16.0. The van der Waals surface area contributed by atoms with Crippen molar-refractivity contribution in [3.05, 3.63) is 82.5 Å². The number of hydrogen-bond donors (Lipinski definition) is 2. The van der Waals surface area contributed by atoms with E-state index in [0.717, 1.165) is 0 Å². The van der Waals surface area contributed by atoms with Crippen molar-refractivity contribution in [1.82, 2.24) is 9.88 Å². The summed E-state index contributed by atoms with van der Waals surface area (Å²) in [5.41, 5.74) is 2.52. The van der Waals surface area contributed by atoms with Crippen LogP contribution in [-0.4, -0.2) is 92.3 Å². The zero-order valence-corrected chi connectivity index (χ0v) is 23.8. The number of ether oxygens (including phenoxy) is 3. The molecule has 0 atom stereocenters. The van der Waals surface area contributed by atoms with Crippen LogP contribution in [0.1, 0.15) is 37.5 Å². The number of anilines is 1. The van der Waals surface area contributed by atoms with E-state index < -0.39 is 11.9 Å². The summed E-state index contributed by atoms with van der Waals surface area (Å²) >= 11 is 6.19. The quantitative estimate of drug-likeness (QED) is 0.174. The third kappa shape index (κ3) is 10.3. The Labute approximate surface area is 248 Å². The van der Waals surface area contributed by atoms with Crippen LogP contribution >= 0.6 is 11.6 Å². The maximum atomic E-state index is 13.1. The maximum Gasteiger partial charge on any atom is 0.305 e. The summed E-state index contributed by atoms with van der Waals surface area (Å²) in [6.45, 7) is 2.06. The number of amides is 2. The summed E-state index contributed by atoms with van der Waals surface area (Å²) in [6, 6.07) is 14.5. The standard InChI is InChI=1S/C30H32ClN3O8/c1-34(10-12-41-14-16-42-15-13-40-11-8-28(36)37)30(39)23-4-2-3-22(18-23)29(38)33-26-6-5-24(31)19-25(26)27-17-21(20-35)7-9-32-27/h2-7,9,17-20H,8,10-16H2,1H3,(H,33,38)(H,36,37). The zero-order valence-electron chi connectivity index (χ0n) is 23.1. The van der Waals surface area contributed by atoms with Gasteiger partial charge in [-0.3, -0.25) is 24.2 Å². The number of rotatable bonds is 17. The largest absolute Gasteiger partial charge is 0.481 e. The minimum atomic E-state index is -0.910. The van der Waals surface area contributed by atoms with E-state index in [1.54, 1.807) is 55.6 Å². The van der Waals surface area contributed by atoms with Gasteiger partial charge < -0.3 is 29.5 Å². The number of halogens is 1. The fourth-order valence-corrected chi connectivity index (χ4v) is 3.89. The SMILES string of the molecule is CN(CCOCCOCCOCCC(=O)O)C(=O)c1cccc(C(=O)Nc2ccc(Cl)cc2-c2cc(C=O)ccn2)c1. The molecule has 1 heterocycles. The summed E-state index contributed by atoms with van der Waals surface area (Å²) in [5.74, 6) is -1.62. The number of likely N-dealkylation sites (N-methyl/N-ethyl adjacent to an activating group) is 1. The molecule has 0 spiro atoms. The van der Waals surface area contributed by atoms with E-state index in [1.807, 2.05) is 0 Å². The number of benzene rings is 2. The lowest BCUT2D eigenvalue weighted by atomic mass is 10.1. The number of carboxylic acid groups (broad SMARTS) is 1. The van der Waals surface area contributed by atoms with Crippen molar-refractivity contribution in [1.29, 1.82) is 0 Å². The second-order valence-corrected chi connectivity index (χ2v) is 9.46. The Kier molecular flexibility index (Phi) is 13.1. The first-order valence-corrected chi connectivity index (χ1v) is 13.5. The Balaban J connectivity index is 1.50. The minimum absolute atomic E-state index is 0.0470. The molecular formula is C30H32ClN3O8. The molecule has 2 aromatic carbocycles. The third-order valence-corrected chi connectivity index (χ3v) is 6.15. The molecule has 42 heavy (non-hydrogen) atoms. The van der Waals surface area contributed by atoms with Crippen molar-refractivity contribution >= 4 is 41.4 Å². The van der Waals surface area contributed by atoms with Gasteiger partial charge in [-0.1, -0.05) is 17.7 Å². The summed E-state index contributed by atoms with van der Waals surface area (Å²) in [5, 5.41) is 11.8. The number of carbonyl (C=O) groups excluding carboxylic acids is 3. The second-order valence-electron chi connectivity index (χ2n) is 9.02. The predicted octanol–water partition coefficient (Wildman–Crippen LogP) is 4.06. The smallest absolute Gasteiger partial charge is 0.305 e. The van der Waals surface area contributed by atoms with Gasteiger partial charge in [0.25, 0.3) is 11.8 Å². The maximum absolute atomic E-state index is 13.1. The Morgan fingerprint density at radius 2 is 1.62 bits per heavy atom. The van der Waals surface area contributed by atoms with E-state index >= 15 is 0 Å². The lowest BCUT2D eigenvalue weighted by molar-refractivity contribution is -0.138. The minimum Gasteiger partial charge on any atom is -0.481 e. The molecule has 0 fully saturated rings. The average Bonchev–Trinajstić information content (AvgIpc) is 3.00. The van der Waals surface area contributed by atoms with Gasteiger partial charge in [0, 0.05) is 47.1 Å². The summed E-state index contributed by atoms with van der Waals surface area (Å²) in [7, 11) is 1.64. The number of carbonyl (C=O) groups is 4. The van der Waals surface area contributed by atoms with Crippen LogP contribution in [0.25, 0.3) is 11.3 Å². The molecule has 2 amide bonds. The molecule has 1 aromatic heterocycles. The average molecular weight is 598 g/mol. The van der Waals surface area contributed by atoms with Gasteiger partial charge >= 0.3 is 5.97 Å². The monoisotopic (exact) mass is 597 g/mol. The van der Waals surface area contributed by atoms with Crippen molar-refractivity contribution in [2.75, 3.05) is 58.6 Å². The van der Waals surface area contributed by atoms with Crippen molar-refractivity contribution in [3.8, 4) is 11.3 Å². The highest BCUT2D eigenvalue weighted by atomic mass is 35.5. The van der Waals surface area contributed by atoms with Crippen molar-refractivity contribution in [3.63, 3.8) is 0 Å². The van der Waals surface area contributed by atoms with Gasteiger partial charge in [0.15, 0.2) is 0 Å². The number of nitrogens with zero attached hydrogens (tertiary/aromatic N) is 2. The van der Waals surface area contributed by atoms with E-state index in [2.05, 4.69) is 10.3 Å². The molecule has 2 N–H and O–H groups in total. The van der Waals surface area contributed by atoms with Crippen LogP contribution in [0.2, 0.25) is 5.02 Å². The molecule has 0 aliphatic heterocycles. The van der Waals surface area contributed by atoms with Crippen LogP contribution in [0, 0.1) is 0 Å². The van der Waals surface area contributed by atoms with Gasteiger partial charge in [0.1, 0.15) is 6.29 Å². The Hall–Kier alpha value is -4.16. The first-order chi connectivity index (χ1) is 20.3. The number of aromatic nitrogens is 1. The Morgan fingerprint density at radius 3 is 2.33 bits per heavy atom. The van der Waals surface area contributed by atoms with Crippen molar-refractivity contribution in [2.45, 2.75) is 6.42 Å². The fraction of sp³-hybridized carbons (Fsp3) is 0.300. The molecule has 0 saturated carbocycles. The first kappa shape index (κ1) is 32.4. The highest BCUT2D eigenvalue weighted by Gasteiger charge is 2.16. The summed E-state index contributed by atoms with van der Waals surface area (Å²) in [6.07, 6.45) is 2.16. The second kappa shape index (κ2) is 16.9. The lowest BCUT2D eigenvalue weighted by Crippen LogP contribution is -2.30. The number of aliphatic carboxylic acids is 1. The van der Waals surface area contributed by atoms with E-state index in [0.29, 0.717) is 79.0 Å². The molecule has 0 aliphatic carbocycles. The normalized spacial score (nSPS) is 10.7. The molecule has 0 bridgehead atoms. The predicted molar refractivity (Wildman–Crippen MR) is 156 cm³/mol. The molecule has 0 saturated heterocycles. The van der Waals surface area contributed by atoms with E-state index in [1.165, 1.54) is 17.2 Å². The van der Waals surface area contributed by atoms with Gasteiger partial charge in [-0.05, 0) is 48.5 Å². The number of carboxylic acids is 1. The van der Waals surface area contributed by atoms with Gasteiger partial charge in [-0.2, -0.15) is 0 Å². The van der Waals surface area contributed by atoms with Crippen LogP contribution in [0.4, 0.5) is 5.69 Å². The molecule has 3 aromatic rings. The lowest BCUT2D eigenvalue weighted by Gasteiger charge is -2.18. The van der Waals surface area contributed by atoms with Crippen LogP contribution < -0.4 is 5.32 Å². The van der Waals surface area contributed by atoms with Crippen molar-refractivity contribution in [2.24, 2.45) is 0 Å². The third-order valence-electron chi connectivity index (χ3n) is 5.92. The topological polar surface area (TPSA) is 144 Å². The number of pyridine rings is 1. The molecule has 0 radical (unpaired) electrons. The van der Waals surface area contributed by atoms with Gasteiger partial charge in [0.05, 0.1) is 57.4 Å². The summed E-state index contributed by atoms with van der Waals surface area (Å²) in [4.78, 5) is 53.5. The molecule has 3 rings (SSSR count). The van der Waals surface area contributed by atoms with Crippen LogP contribution in [0.15, 0.2) is 60.8 Å². The molecule has 11 nitrogen and oxygen atoms in total. The molecule has 0 unspecified atom stereocenters. The first-order valence-electron chi connectivity index (χ1n) is 13.1. The zero-order chi connectivity index (χ0) is 30.3. The Bertz CT molecular complexity index is 1380. The van der Waals surface area contributed by atoms with Crippen LogP contribution in [-0.2, 0) is 19.0 Å². The molecule has 0 aliphatic rings. The van der Waals surface area contributed by atoms with Gasteiger partial charge in [0.2, 0.25) is 0 Å².